The van der Waals surface area contributed by atoms with E-state index in [1.54, 1.807) is 0 Å². The molecule has 0 aliphatic heterocycles. The van der Waals surface area contributed by atoms with Crippen LogP contribution in [0.2, 0.25) is 0 Å². The minimum atomic E-state index is 1.18. The minimum Gasteiger partial charge on any atom is -0.309 e. The second kappa shape index (κ2) is 8.29. The van der Waals surface area contributed by atoms with Crippen LogP contribution in [0, 0.1) is 0 Å². The zero-order chi connectivity index (χ0) is 26.2. The molecule has 1 nitrogen and oxygen atoms in total. The molecule has 7 aromatic carbocycles. The van der Waals surface area contributed by atoms with Crippen LogP contribution in [0.3, 0.4) is 0 Å². The molecule has 0 spiro atoms. The van der Waals surface area contributed by atoms with Crippen molar-refractivity contribution in [3.8, 4) is 16.8 Å². The van der Waals surface area contributed by atoms with Crippen molar-refractivity contribution in [3.05, 3.63) is 139 Å². The summed E-state index contributed by atoms with van der Waals surface area (Å²) in [4.78, 5) is 0. The molecule has 2 heteroatoms. The number of rotatable bonds is 2. The van der Waals surface area contributed by atoms with Crippen molar-refractivity contribution in [2.75, 3.05) is 0 Å². The summed E-state index contributed by atoms with van der Waals surface area (Å²) in [5.74, 6) is 0. The standard InChI is InChI=1S/C38H23NS/c1-2-12-30-28(10-1)29-11-3-4-13-31(29)34-21-25(16-17-32(30)34)24-8-7-9-27(20-24)39-36-15-6-5-14-33(36)35-23-38-26(18-19-40-38)22-37(35)39/h1-23H. The first-order chi connectivity index (χ1) is 19.8. The molecule has 9 aromatic rings. The van der Waals surface area contributed by atoms with E-state index in [1.807, 2.05) is 11.3 Å². The van der Waals surface area contributed by atoms with Gasteiger partial charge in [-0.1, -0.05) is 91.0 Å². The number of benzene rings is 7. The van der Waals surface area contributed by atoms with E-state index in [0.29, 0.717) is 0 Å². The molecule has 0 aliphatic rings. The molecule has 0 radical (unpaired) electrons. The van der Waals surface area contributed by atoms with E-state index in [9.17, 15) is 0 Å². The summed E-state index contributed by atoms with van der Waals surface area (Å²) >= 11 is 1.81. The summed E-state index contributed by atoms with van der Waals surface area (Å²) in [6, 6.07) is 49.2. The highest BCUT2D eigenvalue weighted by Gasteiger charge is 2.15. The van der Waals surface area contributed by atoms with E-state index in [1.165, 1.54) is 81.0 Å². The summed E-state index contributed by atoms with van der Waals surface area (Å²) < 4.78 is 3.76. The highest BCUT2D eigenvalue weighted by atomic mass is 32.1. The number of hydrogen-bond acceptors (Lipinski definition) is 1. The molecule has 0 N–H and O–H groups in total. The molecule has 40 heavy (non-hydrogen) atoms. The molecule has 0 unspecified atom stereocenters. The summed E-state index contributed by atoms with van der Waals surface area (Å²) in [7, 11) is 0. The third-order valence-electron chi connectivity index (χ3n) is 8.43. The Bertz CT molecular complexity index is 2400. The van der Waals surface area contributed by atoms with Crippen molar-refractivity contribution in [3.63, 3.8) is 0 Å². The molecule has 0 atom stereocenters. The van der Waals surface area contributed by atoms with Crippen LogP contribution < -0.4 is 0 Å². The lowest BCUT2D eigenvalue weighted by atomic mass is 9.92. The van der Waals surface area contributed by atoms with Gasteiger partial charge in [0.1, 0.15) is 0 Å². The molecule has 0 amide bonds. The van der Waals surface area contributed by atoms with Crippen molar-refractivity contribution >= 4 is 75.5 Å². The molecule has 0 aliphatic carbocycles. The summed E-state index contributed by atoms with van der Waals surface area (Å²) in [6.07, 6.45) is 0. The van der Waals surface area contributed by atoms with E-state index < -0.39 is 0 Å². The average Bonchev–Trinajstić information content (AvgIpc) is 3.61. The van der Waals surface area contributed by atoms with Gasteiger partial charge in [-0.25, -0.2) is 0 Å². The monoisotopic (exact) mass is 525 g/mol. The smallest absolute Gasteiger partial charge is 0.0548 e. The third kappa shape index (κ3) is 3.08. The summed E-state index contributed by atoms with van der Waals surface area (Å²) in [5.41, 5.74) is 6.13. The second-order valence-electron chi connectivity index (χ2n) is 10.6. The molecule has 0 fully saturated rings. The van der Waals surface area contributed by atoms with Crippen LogP contribution in [0.1, 0.15) is 0 Å². The molecular formula is C38H23NS. The minimum absolute atomic E-state index is 1.18. The molecule has 0 saturated heterocycles. The Hall–Kier alpha value is -4.92. The Morgan fingerprint density at radius 2 is 1.05 bits per heavy atom. The molecular weight excluding hydrogens is 502 g/mol. The molecule has 2 aromatic heterocycles. The highest BCUT2D eigenvalue weighted by molar-refractivity contribution is 7.17. The van der Waals surface area contributed by atoms with E-state index in [4.69, 9.17) is 0 Å². The van der Waals surface area contributed by atoms with Crippen LogP contribution in [0.25, 0.3) is 81.0 Å². The maximum atomic E-state index is 2.43. The maximum Gasteiger partial charge on any atom is 0.0548 e. The zero-order valence-electron chi connectivity index (χ0n) is 21.6. The number of thiophene rings is 1. The Kier molecular flexibility index (Phi) is 4.55. The van der Waals surface area contributed by atoms with Gasteiger partial charge < -0.3 is 4.57 Å². The van der Waals surface area contributed by atoms with Crippen LogP contribution in [0.5, 0.6) is 0 Å². The topological polar surface area (TPSA) is 4.93 Å². The van der Waals surface area contributed by atoms with Gasteiger partial charge in [0.25, 0.3) is 0 Å². The fraction of sp³-hybridized carbons (Fsp3) is 0. The zero-order valence-corrected chi connectivity index (χ0v) is 22.5. The molecule has 0 bridgehead atoms. The Balaban J connectivity index is 1.30. The number of fused-ring (bicyclic) bond motifs is 10. The summed E-state index contributed by atoms with van der Waals surface area (Å²) in [5, 5.41) is 13.9. The first kappa shape index (κ1) is 22.0. The van der Waals surface area contributed by atoms with Crippen LogP contribution in [-0.4, -0.2) is 4.57 Å². The average molecular weight is 526 g/mol. The Morgan fingerprint density at radius 1 is 0.400 bits per heavy atom. The number of para-hydroxylation sites is 1. The maximum absolute atomic E-state index is 2.43. The lowest BCUT2D eigenvalue weighted by molar-refractivity contribution is 1.18. The summed E-state index contributed by atoms with van der Waals surface area (Å²) in [6.45, 7) is 0. The fourth-order valence-electron chi connectivity index (χ4n) is 6.61. The van der Waals surface area contributed by atoms with Gasteiger partial charge in [-0.05, 0) is 96.7 Å². The van der Waals surface area contributed by atoms with Gasteiger partial charge >= 0.3 is 0 Å². The largest absolute Gasteiger partial charge is 0.309 e. The quantitative estimate of drug-likeness (QED) is 0.198. The lowest BCUT2D eigenvalue weighted by Gasteiger charge is -2.13. The van der Waals surface area contributed by atoms with E-state index in [0.717, 1.165) is 0 Å². The predicted molar refractivity (Wildman–Crippen MR) is 174 cm³/mol. The number of nitrogens with zero attached hydrogens (tertiary/aromatic N) is 1. The van der Waals surface area contributed by atoms with Crippen LogP contribution in [0.15, 0.2) is 139 Å². The second-order valence-corrected chi connectivity index (χ2v) is 11.5. The first-order valence-electron chi connectivity index (χ1n) is 13.7. The Morgan fingerprint density at radius 3 is 1.82 bits per heavy atom. The van der Waals surface area contributed by atoms with Crippen molar-refractivity contribution in [1.82, 2.24) is 4.57 Å². The van der Waals surface area contributed by atoms with Crippen LogP contribution in [-0.2, 0) is 0 Å². The van der Waals surface area contributed by atoms with Gasteiger partial charge in [-0.15, -0.1) is 11.3 Å². The van der Waals surface area contributed by atoms with Crippen LogP contribution >= 0.6 is 11.3 Å². The van der Waals surface area contributed by atoms with E-state index in [-0.39, 0.29) is 0 Å². The fourth-order valence-corrected chi connectivity index (χ4v) is 7.42. The molecule has 2 heterocycles. The number of aromatic nitrogens is 1. The van der Waals surface area contributed by atoms with Crippen LogP contribution in [0.4, 0.5) is 0 Å². The van der Waals surface area contributed by atoms with Gasteiger partial charge in [-0.3, -0.25) is 0 Å². The normalized spacial score (nSPS) is 12.0. The highest BCUT2D eigenvalue weighted by Crippen LogP contribution is 2.39. The van der Waals surface area contributed by atoms with Gasteiger partial charge in [-0.2, -0.15) is 0 Å². The van der Waals surface area contributed by atoms with Crippen molar-refractivity contribution in [2.45, 2.75) is 0 Å². The molecule has 0 saturated carbocycles. The Labute approximate surface area is 235 Å². The van der Waals surface area contributed by atoms with Gasteiger partial charge in [0.2, 0.25) is 0 Å². The van der Waals surface area contributed by atoms with Crippen molar-refractivity contribution < 1.29 is 0 Å². The van der Waals surface area contributed by atoms with Crippen molar-refractivity contribution in [2.24, 2.45) is 0 Å². The van der Waals surface area contributed by atoms with E-state index in [2.05, 4.69) is 143 Å². The molecule has 186 valence electrons. The SMILES string of the molecule is c1cc(-c2ccc3c4ccccc4c4ccccc4c3c2)cc(-n2c3ccccc3c3cc4sccc4cc32)c1. The van der Waals surface area contributed by atoms with Gasteiger partial charge in [0, 0.05) is 21.2 Å². The number of hydrogen-bond donors (Lipinski definition) is 0. The van der Waals surface area contributed by atoms with Crippen molar-refractivity contribution in [1.29, 1.82) is 0 Å². The van der Waals surface area contributed by atoms with Gasteiger partial charge in [0.05, 0.1) is 11.0 Å². The van der Waals surface area contributed by atoms with E-state index >= 15 is 0 Å². The first-order valence-corrected chi connectivity index (χ1v) is 14.6. The predicted octanol–water partition coefficient (Wildman–Crippen LogP) is 11.1. The molecule has 9 rings (SSSR count). The third-order valence-corrected chi connectivity index (χ3v) is 9.31. The lowest BCUT2D eigenvalue weighted by Crippen LogP contribution is -1.94. The van der Waals surface area contributed by atoms with Gasteiger partial charge in [0.15, 0.2) is 0 Å².